The van der Waals surface area contributed by atoms with Gasteiger partial charge in [0.15, 0.2) is 0 Å². The van der Waals surface area contributed by atoms with Crippen molar-refractivity contribution in [1.82, 2.24) is 0 Å². The molecule has 29 heavy (non-hydrogen) atoms. The lowest BCUT2D eigenvalue weighted by molar-refractivity contribution is -0.117. The van der Waals surface area contributed by atoms with Gasteiger partial charge in [0.05, 0.1) is 24.6 Å². The molecule has 1 amide bonds. The number of benzene rings is 2. The molecular weight excluding hydrogens is 399 g/mol. The molecule has 2 aromatic carbocycles. The largest absolute Gasteiger partial charge is 0.465 e. The van der Waals surface area contributed by atoms with Crippen molar-refractivity contribution in [2.75, 3.05) is 23.0 Å². The summed E-state index contributed by atoms with van der Waals surface area (Å²) in [6.07, 6.45) is 1.02. The van der Waals surface area contributed by atoms with Crippen LogP contribution in [0.15, 0.2) is 42.5 Å². The van der Waals surface area contributed by atoms with E-state index in [-0.39, 0.29) is 17.7 Å². The number of carbonyl (C=O) groups is 2. The minimum Gasteiger partial charge on any atom is -0.465 e. The zero-order valence-electron chi connectivity index (χ0n) is 16.6. The summed E-state index contributed by atoms with van der Waals surface area (Å²) < 4.78 is 44.6. The lowest BCUT2D eigenvalue weighted by atomic mass is 10.1. The molecule has 0 aliphatic heterocycles. The van der Waals surface area contributed by atoms with Gasteiger partial charge >= 0.3 is 5.97 Å². The zero-order valence-corrected chi connectivity index (χ0v) is 17.4. The number of sulfonamides is 1. The van der Waals surface area contributed by atoms with Gasteiger partial charge in [0.1, 0.15) is 11.9 Å². The van der Waals surface area contributed by atoms with Crippen molar-refractivity contribution in [2.45, 2.75) is 26.3 Å². The normalized spacial score (nSPS) is 12.2. The van der Waals surface area contributed by atoms with Gasteiger partial charge in [-0.25, -0.2) is 17.6 Å². The first kappa shape index (κ1) is 22.4. The van der Waals surface area contributed by atoms with Crippen LogP contribution in [-0.2, 0) is 19.6 Å². The molecule has 0 bridgehead atoms. The van der Waals surface area contributed by atoms with E-state index in [0.717, 1.165) is 16.6 Å². The van der Waals surface area contributed by atoms with Crippen molar-refractivity contribution < 1.29 is 27.1 Å². The van der Waals surface area contributed by atoms with E-state index in [0.29, 0.717) is 11.3 Å². The summed E-state index contributed by atoms with van der Waals surface area (Å²) in [6, 6.07) is 8.87. The Morgan fingerprint density at radius 2 is 1.83 bits per heavy atom. The lowest BCUT2D eigenvalue weighted by Crippen LogP contribution is -2.47. The average molecular weight is 422 g/mol. The van der Waals surface area contributed by atoms with Crippen LogP contribution in [0.5, 0.6) is 0 Å². The second-order valence-corrected chi connectivity index (χ2v) is 8.25. The van der Waals surface area contributed by atoms with Crippen LogP contribution in [-0.4, -0.2) is 39.7 Å². The number of rotatable bonds is 7. The molecule has 0 aliphatic rings. The van der Waals surface area contributed by atoms with Gasteiger partial charge in [0.2, 0.25) is 15.9 Å². The van der Waals surface area contributed by atoms with Crippen LogP contribution in [0.2, 0.25) is 0 Å². The van der Waals surface area contributed by atoms with Gasteiger partial charge in [-0.3, -0.25) is 9.10 Å². The minimum atomic E-state index is -3.97. The van der Waals surface area contributed by atoms with Gasteiger partial charge in [-0.15, -0.1) is 0 Å². The Balaban J connectivity index is 2.44. The quantitative estimate of drug-likeness (QED) is 0.692. The van der Waals surface area contributed by atoms with Crippen LogP contribution in [0.1, 0.15) is 29.3 Å². The zero-order chi connectivity index (χ0) is 21.8. The SMILES string of the molecule is CCC(C(=O)Nc1cccc(C(=O)OC)c1C)N(c1ccccc1F)S(C)(=O)=O. The minimum absolute atomic E-state index is 0.100. The van der Waals surface area contributed by atoms with Crippen molar-refractivity contribution in [2.24, 2.45) is 0 Å². The number of amides is 1. The van der Waals surface area contributed by atoms with Crippen LogP contribution < -0.4 is 9.62 Å². The number of para-hydroxylation sites is 1. The number of esters is 1. The van der Waals surface area contributed by atoms with E-state index in [9.17, 15) is 22.4 Å². The highest BCUT2D eigenvalue weighted by Crippen LogP contribution is 2.27. The summed E-state index contributed by atoms with van der Waals surface area (Å²) in [7, 11) is -2.72. The summed E-state index contributed by atoms with van der Waals surface area (Å²) in [5, 5.41) is 2.65. The van der Waals surface area contributed by atoms with Crippen molar-refractivity contribution in [3.05, 3.63) is 59.4 Å². The van der Waals surface area contributed by atoms with Crippen LogP contribution >= 0.6 is 0 Å². The lowest BCUT2D eigenvalue weighted by Gasteiger charge is -2.30. The summed E-state index contributed by atoms with van der Waals surface area (Å²) in [5.74, 6) is -1.96. The molecule has 7 nitrogen and oxygen atoms in total. The Morgan fingerprint density at radius 3 is 2.38 bits per heavy atom. The molecule has 0 radical (unpaired) electrons. The molecule has 0 heterocycles. The third-order valence-electron chi connectivity index (χ3n) is 4.42. The number of hydrogen-bond acceptors (Lipinski definition) is 5. The number of carbonyl (C=O) groups excluding carboxylic acids is 2. The molecule has 9 heteroatoms. The first-order valence-electron chi connectivity index (χ1n) is 8.84. The highest BCUT2D eigenvalue weighted by molar-refractivity contribution is 7.92. The fourth-order valence-electron chi connectivity index (χ4n) is 2.98. The van der Waals surface area contributed by atoms with E-state index in [4.69, 9.17) is 4.74 Å². The summed E-state index contributed by atoms with van der Waals surface area (Å²) >= 11 is 0. The fraction of sp³-hybridized carbons (Fsp3) is 0.300. The molecule has 0 aromatic heterocycles. The molecule has 0 aliphatic carbocycles. The molecule has 0 saturated heterocycles. The maximum Gasteiger partial charge on any atom is 0.338 e. The third-order valence-corrected chi connectivity index (χ3v) is 5.58. The number of nitrogens with zero attached hydrogens (tertiary/aromatic N) is 1. The van der Waals surface area contributed by atoms with E-state index in [1.54, 1.807) is 32.0 Å². The monoisotopic (exact) mass is 422 g/mol. The Kier molecular flexibility index (Phi) is 6.97. The van der Waals surface area contributed by atoms with Crippen LogP contribution in [0, 0.1) is 12.7 Å². The predicted molar refractivity (Wildman–Crippen MR) is 109 cm³/mol. The van der Waals surface area contributed by atoms with Crippen LogP contribution in [0.4, 0.5) is 15.8 Å². The van der Waals surface area contributed by atoms with Gasteiger partial charge in [-0.1, -0.05) is 25.1 Å². The standard InChI is InChI=1S/C20H23FN2O5S/c1-5-17(23(29(4,26)27)18-12-7-6-10-15(18)21)19(24)22-16-11-8-9-14(13(16)2)20(25)28-3/h6-12,17H,5H2,1-4H3,(H,22,24). The summed E-state index contributed by atoms with van der Waals surface area (Å²) in [5.41, 5.74) is 0.863. The van der Waals surface area contributed by atoms with E-state index in [2.05, 4.69) is 5.32 Å². The predicted octanol–water partition coefficient (Wildman–Crippen LogP) is 3.10. The maximum atomic E-state index is 14.3. The fourth-order valence-corrected chi connectivity index (χ4v) is 4.20. The number of ether oxygens (including phenoxy) is 1. The molecule has 0 spiro atoms. The third kappa shape index (κ3) is 4.92. The Morgan fingerprint density at radius 1 is 1.17 bits per heavy atom. The van der Waals surface area contributed by atoms with Gasteiger partial charge in [0.25, 0.3) is 0 Å². The maximum absolute atomic E-state index is 14.3. The first-order valence-corrected chi connectivity index (χ1v) is 10.7. The molecule has 0 saturated carbocycles. The molecule has 156 valence electrons. The second kappa shape index (κ2) is 9.04. The Hall–Kier alpha value is -2.94. The first-order chi connectivity index (χ1) is 13.6. The average Bonchev–Trinajstić information content (AvgIpc) is 2.66. The Labute approximate surface area is 169 Å². The van der Waals surface area contributed by atoms with E-state index >= 15 is 0 Å². The van der Waals surface area contributed by atoms with Crippen LogP contribution in [0.3, 0.4) is 0 Å². The van der Waals surface area contributed by atoms with Crippen molar-refractivity contribution in [1.29, 1.82) is 0 Å². The van der Waals surface area contributed by atoms with Gasteiger partial charge in [0, 0.05) is 5.69 Å². The molecule has 0 fully saturated rings. The second-order valence-electron chi connectivity index (χ2n) is 6.39. The van der Waals surface area contributed by atoms with Gasteiger partial charge < -0.3 is 10.1 Å². The summed E-state index contributed by atoms with van der Waals surface area (Å²) in [4.78, 5) is 24.8. The number of nitrogens with one attached hydrogen (secondary N) is 1. The van der Waals surface area contributed by atoms with E-state index in [1.807, 2.05) is 0 Å². The molecule has 1 atom stereocenters. The molecular formula is C20H23FN2O5S. The molecule has 2 aromatic rings. The Bertz CT molecular complexity index is 1020. The van der Waals surface area contributed by atoms with Crippen molar-refractivity contribution in [3.8, 4) is 0 Å². The number of halogens is 1. The summed E-state index contributed by atoms with van der Waals surface area (Å²) in [6.45, 7) is 3.26. The van der Waals surface area contributed by atoms with Crippen molar-refractivity contribution in [3.63, 3.8) is 0 Å². The highest BCUT2D eigenvalue weighted by atomic mass is 32.2. The van der Waals surface area contributed by atoms with Gasteiger partial charge in [-0.2, -0.15) is 0 Å². The van der Waals surface area contributed by atoms with E-state index in [1.165, 1.54) is 25.3 Å². The van der Waals surface area contributed by atoms with Gasteiger partial charge in [-0.05, 0) is 43.2 Å². The number of methoxy groups -OCH3 is 1. The number of anilines is 2. The smallest absolute Gasteiger partial charge is 0.338 e. The molecule has 1 N–H and O–H groups in total. The number of hydrogen-bond donors (Lipinski definition) is 1. The topological polar surface area (TPSA) is 92.8 Å². The molecule has 2 rings (SSSR count). The van der Waals surface area contributed by atoms with Crippen molar-refractivity contribution >= 4 is 33.3 Å². The van der Waals surface area contributed by atoms with E-state index < -0.39 is 33.8 Å². The molecule has 1 unspecified atom stereocenters. The highest BCUT2D eigenvalue weighted by Gasteiger charge is 2.33. The van der Waals surface area contributed by atoms with Crippen LogP contribution in [0.25, 0.3) is 0 Å².